The van der Waals surface area contributed by atoms with E-state index < -0.39 is 0 Å². The molecule has 5 radical (unpaired) electrons. The maximum atomic E-state index is 2.34. The molecule has 0 fully saturated rings. The fourth-order valence-electron chi connectivity index (χ4n) is 1.04. The van der Waals surface area contributed by atoms with Gasteiger partial charge in [-0.15, -0.1) is 0 Å². The van der Waals surface area contributed by atoms with Gasteiger partial charge in [-0.05, 0) is 0 Å². The first-order chi connectivity index (χ1) is 5.85. The molecule has 0 aromatic rings. The Hall–Kier alpha value is 0.651. The van der Waals surface area contributed by atoms with Gasteiger partial charge in [0.15, 0.2) is 0 Å². The maximum absolute atomic E-state index is 2.34. The van der Waals surface area contributed by atoms with Crippen LogP contribution in [-0.2, 0) is 0 Å². The van der Waals surface area contributed by atoms with Gasteiger partial charge in [-0.3, -0.25) is 0 Å². The van der Waals surface area contributed by atoms with Crippen molar-refractivity contribution >= 4 is 25.9 Å². The van der Waals surface area contributed by atoms with Crippen molar-refractivity contribution in [1.82, 2.24) is 0 Å². The van der Waals surface area contributed by atoms with E-state index in [4.69, 9.17) is 0 Å². The van der Waals surface area contributed by atoms with Gasteiger partial charge < -0.3 is 0 Å². The lowest BCUT2D eigenvalue weighted by Gasteiger charge is -2.11. The summed E-state index contributed by atoms with van der Waals surface area (Å²) < 4.78 is 0. The van der Waals surface area contributed by atoms with Gasteiger partial charge in [-0.1, -0.05) is 58.2 Å². The SMILES string of the molecule is CCC[Si][Si](CCC)[Si]CCC. The average molecular weight is 214 g/mol. The van der Waals surface area contributed by atoms with Gasteiger partial charge in [0, 0.05) is 25.9 Å². The summed E-state index contributed by atoms with van der Waals surface area (Å²) in [7, 11) is 2.84. The summed E-state index contributed by atoms with van der Waals surface area (Å²) in [6.45, 7) is 6.99. The highest BCUT2D eigenvalue weighted by atomic mass is 29.6. The summed E-state index contributed by atoms with van der Waals surface area (Å²) in [6, 6.07) is 4.62. The van der Waals surface area contributed by atoms with Crippen LogP contribution in [0.1, 0.15) is 40.0 Å². The first-order valence-corrected chi connectivity index (χ1v) is 11.3. The Morgan fingerprint density at radius 3 is 1.67 bits per heavy atom. The van der Waals surface area contributed by atoms with E-state index in [1.165, 1.54) is 49.4 Å². The van der Waals surface area contributed by atoms with Crippen molar-refractivity contribution in [3.05, 3.63) is 0 Å². The molecule has 0 aromatic carbocycles. The zero-order valence-electron chi connectivity index (χ0n) is 8.74. The summed E-state index contributed by atoms with van der Waals surface area (Å²) in [5, 5.41) is 0. The monoisotopic (exact) mass is 213 g/mol. The molecule has 0 unspecified atom stereocenters. The lowest BCUT2D eigenvalue weighted by molar-refractivity contribution is 1.06. The minimum absolute atomic E-state index is 0.135. The smallest absolute Gasteiger partial charge is 0.0222 e. The lowest BCUT2D eigenvalue weighted by atomic mass is 10.6. The fraction of sp³-hybridized carbons (Fsp3) is 1.00. The molecule has 0 aliphatic carbocycles. The molecule has 0 rings (SSSR count). The first-order valence-electron chi connectivity index (χ1n) is 5.18. The van der Waals surface area contributed by atoms with E-state index in [1.807, 2.05) is 0 Å². The summed E-state index contributed by atoms with van der Waals surface area (Å²) in [5.74, 6) is 0. The van der Waals surface area contributed by atoms with Gasteiger partial charge in [-0.25, -0.2) is 0 Å². The molecule has 0 saturated heterocycles. The Labute approximate surface area is 84.4 Å². The van der Waals surface area contributed by atoms with Gasteiger partial charge in [0.05, 0.1) is 0 Å². The highest BCUT2D eigenvalue weighted by Crippen LogP contribution is 2.01. The summed E-state index contributed by atoms with van der Waals surface area (Å²) >= 11 is 0. The minimum Gasteiger partial charge on any atom is -0.0657 e. The van der Waals surface area contributed by atoms with Crippen molar-refractivity contribution in [2.45, 2.75) is 58.2 Å². The predicted octanol–water partition coefficient (Wildman–Crippen LogP) is 2.95. The minimum atomic E-state index is 0.135. The van der Waals surface area contributed by atoms with Crippen molar-refractivity contribution in [2.75, 3.05) is 0 Å². The van der Waals surface area contributed by atoms with Gasteiger partial charge in [0.1, 0.15) is 0 Å². The highest BCUT2D eigenvalue weighted by Gasteiger charge is 2.09. The molecule has 3 heteroatoms. The first kappa shape index (κ1) is 12.7. The normalized spacial score (nSPS) is 11.0. The summed E-state index contributed by atoms with van der Waals surface area (Å²) in [6.07, 6.45) is 4.25. The molecule has 0 atom stereocenters. The van der Waals surface area contributed by atoms with Crippen molar-refractivity contribution in [3.8, 4) is 0 Å². The van der Waals surface area contributed by atoms with Crippen LogP contribution in [0.4, 0.5) is 0 Å². The van der Waals surface area contributed by atoms with Crippen molar-refractivity contribution in [3.63, 3.8) is 0 Å². The van der Waals surface area contributed by atoms with E-state index in [1.54, 1.807) is 6.04 Å². The molecule has 0 aromatic heterocycles. The molecular formula is C9H21Si3. The van der Waals surface area contributed by atoms with E-state index in [-0.39, 0.29) is 7.83 Å². The molecule has 0 heterocycles. The van der Waals surface area contributed by atoms with Crippen LogP contribution in [-0.4, -0.2) is 25.9 Å². The van der Waals surface area contributed by atoms with E-state index in [9.17, 15) is 0 Å². The topological polar surface area (TPSA) is 0 Å². The van der Waals surface area contributed by atoms with Crippen LogP contribution in [0.25, 0.3) is 0 Å². The quantitative estimate of drug-likeness (QED) is 0.544. The molecule has 69 valence electrons. The number of hydrogen-bond acceptors (Lipinski definition) is 0. The summed E-state index contributed by atoms with van der Waals surface area (Å²) in [5.41, 5.74) is 0. The van der Waals surface area contributed by atoms with Crippen LogP contribution >= 0.6 is 0 Å². The fourth-order valence-corrected chi connectivity index (χ4v) is 12.7. The molecule has 0 aliphatic heterocycles. The largest absolute Gasteiger partial charge is 0.0657 e. The second kappa shape index (κ2) is 9.74. The van der Waals surface area contributed by atoms with Crippen molar-refractivity contribution < 1.29 is 0 Å². The van der Waals surface area contributed by atoms with Crippen LogP contribution in [0, 0.1) is 0 Å². The van der Waals surface area contributed by atoms with Crippen molar-refractivity contribution in [1.29, 1.82) is 0 Å². The lowest BCUT2D eigenvalue weighted by Crippen LogP contribution is -2.29. The predicted molar refractivity (Wildman–Crippen MR) is 62.6 cm³/mol. The zero-order valence-corrected chi connectivity index (χ0v) is 11.7. The second-order valence-electron chi connectivity index (χ2n) is 3.08. The second-order valence-corrected chi connectivity index (χ2v) is 13.5. The molecule has 0 saturated carbocycles. The Kier molecular flexibility index (Phi) is 10.3. The third kappa shape index (κ3) is 7.31. The molecule has 0 spiro atoms. The zero-order chi connectivity index (χ0) is 9.23. The molecular weight excluding hydrogens is 192 g/mol. The standard InChI is InChI=1S/C9H21Si3/c1-4-7-10-12(9-6-3)11-8-5-2/h4-9H2,1-3H3. The molecule has 0 N–H and O–H groups in total. The van der Waals surface area contributed by atoms with Crippen LogP contribution in [0.2, 0.25) is 18.1 Å². The van der Waals surface area contributed by atoms with Crippen LogP contribution in [0.5, 0.6) is 0 Å². The van der Waals surface area contributed by atoms with Gasteiger partial charge in [0.25, 0.3) is 0 Å². The Balaban J connectivity index is 3.40. The average Bonchev–Trinajstić information content (AvgIpc) is 2.10. The van der Waals surface area contributed by atoms with Crippen LogP contribution in [0.3, 0.4) is 0 Å². The molecule has 0 aliphatic rings. The number of rotatable bonds is 8. The Morgan fingerprint density at radius 1 is 0.833 bits per heavy atom. The van der Waals surface area contributed by atoms with Crippen LogP contribution < -0.4 is 0 Å². The van der Waals surface area contributed by atoms with E-state index in [0.29, 0.717) is 0 Å². The van der Waals surface area contributed by atoms with Gasteiger partial charge in [-0.2, -0.15) is 0 Å². The highest BCUT2D eigenvalue weighted by molar-refractivity contribution is 7.39. The molecule has 12 heavy (non-hydrogen) atoms. The van der Waals surface area contributed by atoms with Crippen LogP contribution in [0.15, 0.2) is 0 Å². The molecule has 0 bridgehead atoms. The Morgan fingerprint density at radius 2 is 1.33 bits per heavy atom. The third-order valence-corrected chi connectivity index (χ3v) is 13.8. The Bertz CT molecular complexity index is 77.8. The van der Waals surface area contributed by atoms with Gasteiger partial charge >= 0.3 is 0 Å². The molecule has 0 amide bonds. The number of hydrogen-bond donors (Lipinski definition) is 0. The van der Waals surface area contributed by atoms with Gasteiger partial charge in [0.2, 0.25) is 0 Å². The molecule has 0 nitrogen and oxygen atoms in total. The summed E-state index contributed by atoms with van der Waals surface area (Å²) in [4.78, 5) is 0. The van der Waals surface area contributed by atoms with E-state index in [2.05, 4.69) is 20.8 Å². The van der Waals surface area contributed by atoms with E-state index in [0.717, 1.165) is 0 Å². The van der Waals surface area contributed by atoms with Crippen molar-refractivity contribution in [2.24, 2.45) is 0 Å². The maximum Gasteiger partial charge on any atom is 0.0222 e. The third-order valence-electron chi connectivity index (χ3n) is 1.68. The van der Waals surface area contributed by atoms with E-state index >= 15 is 0 Å².